The number of thioether (sulfide) groups is 2. The van der Waals surface area contributed by atoms with E-state index in [-0.39, 0.29) is 11.6 Å². The SMILES string of the molecule is Cc1c(SCC(=O)c2ccc(N)cc2)nsc1SCC(=O)c1ccc(N)cc1. The molecule has 0 radical (unpaired) electrons. The predicted octanol–water partition coefficient (Wildman–Crippen LogP) is 4.57. The lowest BCUT2D eigenvalue weighted by molar-refractivity contribution is 0.101. The molecule has 0 aliphatic carbocycles. The Morgan fingerprint density at radius 2 is 1.32 bits per heavy atom. The predicted molar refractivity (Wildman–Crippen MR) is 119 cm³/mol. The number of carbonyl (C=O) groups is 2. The van der Waals surface area contributed by atoms with Crippen LogP contribution in [0.1, 0.15) is 26.3 Å². The third-order valence-electron chi connectivity index (χ3n) is 3.98. The quantitative estimate of drug-likeness (QED) is 0.307. The minimum absolute atomic E-state index is 0.0325. The van der Waals surface area contributed by atoms with Crippen LogP contribution in [0.2, 0.25) is 0 Å². The van der Waals surface area contributed by atoms with E-state index >= 15 is 0 Å². The summed E-state index contributed by atoms with van der Waals surface area (Å²) in [5, 5.41) is 0.830. The summed E-state index contributed by atoms with van der Waals surface area (Å²) in [6.45, 7) is 1.97. The number of rotatable bonds is 8. The molecule has 1 heterocycles. The van der Waals surface area contributed by atoms with E-state index in [9.17, 15) is 9.59 Å². The molecule has 0 amide bonds. The molecule has 2 aromatic carbocycles. The molecule has 0 atom stereocenters. The van der Waals surface area contributed by atoms with E-state index in [1.54, 1.807) is 48.5 Å². The Kier molecular flexibility index (Phi) is 6.77. The van der Waals surface area contributed by atoms with Crippen LogP contribution in [0.5, 0.6) is 0 Å². The molecular formula is C20H19N3O2S3. The molecule has 1 aromatic heterocycles. The standard InChI is InChI=1S/C20H19N3O2S3/c1-12-19(26-10-17(24)13-2-6-15(21)7-3-13)23-28-20(12)27-11-18(25)14-4-8-16(22)9-5-14/h2-9H,10-11,21-22H2,1H3. The van der Waals surface area contributed by atoms with Crippen LogP contribution in [0.3, 0.4) is 0 Å². The number of hydrogen-bond acceptors (Lipinski definition) is 8. The molecule has 0 unspecified atom stereocenters. The second-order valence-electron chi connectivity index (χ2n) is 6.07. The van der Waals surface area contributed by atoms with Crippen LogP contribution in [-0.2, 0) is 0 Å². The minimum Gasteiger partial charge on any atom is -0.399 e. The zero-order valence-corrected chi connectivity index (χ0v) is 17.6. The van der Waals surface area contributed by atoms with Crippen molar-refractivity contribution in [2.75, 3.05) is 23.0 Å². The first-order valence-electron chi connectivity index (χ1n) is 8.43. The maximum atomic E-state index is 12.3. The first kappa shape index (κ1) is 20.4. The third-order valence-corrected chi connectivity index (χ3v) is 7.47. The average Bonchev–Trinajstić information content (AvgIpc) is 3.05. The molecule has 5 nitrogen and oxygen atoms in total. The summed E-state index contributed by atoms with van der Waals surface area (Å²) in [7, 11) is 0. The first-order valence-corrected chi connectivity index (χ1v) is 11.2. The van der Waals surface area contributed by atoms with Gasteiger partial charge in [0.05, 0.1) is 15.7 Å². The Balaban J connectivity index is 1.56. The Bertz CT molecular complexity index is 904. The monoisotopic (exact) mass is 429 g/mol. The highest BCUT2D eigenvalue weighted by molar-refractivity contribution is 8.02. The van der Waals surface area contributed by atoms with Gasteiger partial charge in [0.2, 0.25) is 0 Å². The maximum absolute atomic E-state index is 12.3. The van der Waals surface area contributed by atoms with E-state index in [1.807, 2.05) is 6.92 Å². The second-order valence-corrected chi connectivity index (χ2v) is 9.05. The van der Waals surface area contributed by atoms with E-state index < -0.39 is 0 Å². The van der Waals surface area contributed by atoms with Crippen molar-refractivity contribution in [3.63, 3.8) is 0 Å². The van der Waals surface area contributed by atoms with Crippen LogP contribution in [0.25, 0.3) is 0 Å². The zero-order valence-electron chi connectivity index (χ0n) is 15.2. The molecule has 0 aliphatic heterocycles. The molecule has 144 valence electrons. The molecule has 3 aromatic rings. The average molecular weight is 430 g/mol. The fourth-order valence-corrected chi connectivity index (χ4v) is 5.33. The third kappa shape index (κ3) is 5.15. The van der Waals surface area contributed by atoms with Crippen LogP contribution in [0.15, 0.2) is 57.8 Å². The summed E-state index contributed by atoms with van der Waals surface area (Å²) >= 11 is 4.24. The normalized spacial score (nSPS) is 10.8. The lowest BCUT2D eigenvalue weighted by Gasteiger charge is -2.03. The van der Waals surface area contributed by atoms with Gasteiger partial charge < -0.3 is 11.5 Å². The van der Waals surface area contributed by atoms with E-state index in [1.165, 1.54) is 35.1 Å². The highest BCUT2D eigenvalue weighted by Gasteiger charge is 2.15. The van der Waals surface area contributed by atoms with Crippen molar-refractivity contribution < 1.29 is 9.59 Å². The Morgan fingerprint density at radius 1 is 0.857 bits per heavy atom. The summed E-state index contributed by atoms with van der Waals surface area (Å²) < 4.78 is 5.43. The zero-order chi connectivity index (χ0) is 20.1. The highest BCUT2D eigenvalue weighted by atomic mass is 32.2. The highest BCUT2D eigenvalue weighted by Crippen LogP contribution is 2.34. The number of anilines is 2. The van der Waals surface area contributed by atoms with E-state index in [4.69, 9.17) is 11.5 Å². The summed E-state index contributed by atoms with van der Waals surface area (Å²) in [5.74, 6) is 0.723. The number of ketones is 2. The summed E-state index contributed by atoms with van der Waals surface area (Å²) in [6, 6.07) is 13.8. The number of nitrogen functional groups attached to an aromatic ring is 2. The molecule has 0 bridgehead atoms. The van der Waals surface area contributed by atoms with Crippen molar-refractivity contribution in [2.45, 2.75) is 16.2 Å². The maximum Gasteiger partial charge on any atom is 0.173 e. The van der Waals surface area contributed by atoms with E-state index in [0.29, 0.717) is 34.0 Å². The van der Waals surface area contributed by atoms with Gasteiger partial charge >= 0.3 is 0 Å². The number of benzene rings is 2. The fourth-order valence-electron chi connectivity index (χ4n) is 2.35. The van der Waals surface area contributed by atoms with Gasteiger partial charge in [-0.2, -0.15) is 4.37 Å². The molecule has 0 spiro atoms. The van der Waals surface area contributed by atoms with E-state index in [0.717, 1.165) is 14.8 Å². The van der Waals surface area contributed by atoms with Crippen molar-refractivity contribution in [2.24, 2.45) is 0 Å². The topological polar surface area (TPSA) is 99.1 Å². The first-order chi connectivity index (χ1) is 13.4. The van der Waals surface area contributed by atoms with Crippen LogP contribution in [0.4, 0.5) is 11.4 Å². The van der Waals surface area contributed by atoms with Gasteiger partial charge in [-0.3, -0.25) is 9.59 Å². The summed E-state index contributed by atoms with van der Waals surface area (Å²) in [6.07, 6.45) is 0. The van der Waals surface area contributed by atoms with Gasteiger partial charge in [-0.25, -0.2) is 0 Å². The number of nitrogens with zero attached hydrogens (tertiary/aromatic N) is 1. The summed E-state index contributed by atoms with van der Waals surface area (Å²) in [5.41, 5.74) is 14.9. The minimum atomic E-state index is 0.0325. The van der Waals surface area contributed by atoms with Crippen molar-refractivity contribution in [3.8, 4) is 0 Å². The number of aromatic nitrogens is 1. The Labute approximate surface area is 176 Å². The van der Waals surface area contributed by atoms with Crippen molar-refractivity contribution >= 4 is 58.0 Å². The molecular weight excluding hydrogens is 410 g/mol. The fraction of sp³-hybridized carbons (Fsp3) is 0.150. The lowest BCUT2D eigenvalue weighted by atomic mass is 10.1. The molecule has 28 heavy (non-hydrogen) atoms. The van der Waals surface area contributed by atoms with Crippen LogP contribution >= 0.6 is 35.1 Å². The van der Waals surface area contributed by atoms with Gasteiger partial charge in [-0.15, -0.1) is 11.8 Å². The van der Waals surface area contributed by atoms with Gasteiger partial charge in [0.1, 0.15) is 5.03 Å². The molecule has 8 heteroatoms. The Hall–Kier alpha value is -2.29. The molecule has 0 aliphatic rings. The van der Waals surface area contributed by atoms with Gasteiger partial charge in [0, 0.05) is 28.1 Å². The van der Waals surface area contributed by atoms with Crippen LogP contribution in [0, 0.1) is 6.92 Å². The number of nitrogens with two attached hydrogens (primary N) is 2. The summed E-state index contributed by atoms with van der Waals surface area (Å²) in [4.78, 5) is 24.6. The van der Waals surface area contributed by atoms with Crippen molar-refractivity contribution in [3.05, 3.63) is 65.2 Å². The van der Waals surface area contributed by atoms with Crippen LogP contribution in [-0.4, -0.2) is 27.4 Å². The smallest absolute Gasteiger partial charge is 0.173 e. The van der Waals surface area contributed by atoms with E-state index in [2.05, 4.69) is 4.37 Å². The number of carbonyl (C=O) groups excluding carboxylic acids is 2. The molecule has 0 fully saturated rings. The lowest BCUT2D eigenvalue weighted by Crippen LogP contribution is -2.03. The van der Waals surface area contributed by atoms with Gasteiger partial charge in [0.15, 0.2) is 11.6 Å². The van der Waals surface area contributed by atoms with Crippen LogP contribution < -0.4 is 11.5 Å². The van der Waals surface area contributed by atoms with Crippen molar-refractivity contribution in [1.82, 2.24) is 4.37 Å². The number of hydrogen-bond donors (Lipinski definition) is 2. The van der Waals surface area contributed by atoms with Gasteiger partial charge in [0.25, 0.3) is 0 Å². The second kappa shape index (κ2) is 9.27. The molecule has 0 saturated heterocycles. The Morgan fingerprint density at radius 3 is 1.82 bits per heavy atom. The molecule has 4 N–H and O–H groups in total. The number of Topliss-reactive ketones (excluding diaryl/α,β-unsaturated/α-hetero) is 2. The van der Waals surface area contributed by atoms with Gasteiger partial charge in [-0.05, 0) is 67.0 Å². The van der Waals surface area contributed by atoms with Crippen molar-refractivity contribution in [1.29, 1.82) is 0 Å². The molecule has 3 rings (SSSR count). The largest absolute Gasteiger partial charge is 0.399 e. The van der Waals surface area contributed by atoms with Gasteiger partial charge in [-0.1, -0.05) is 11.8 Å². The molecule has 0 saturated carbocycles.